The van der Waals surface area contributed by atoms with Gasteiger partial charge in [-0.3, -0.25) is 4.79 Å². The summed E-state index contributed by atoms with van der Waals surface area (Å²) in [4.78, 5) is 11.2. The standard InChI is InChI=1S/C9H17NO2/c1-4-5-6-12-8(11)9(2,3)7-10/h7,10H,4-6H2,1-3H3. The van der Waals surface area contributed by atoms with Crippen molar-refractivity contribution in [3.63, 3.8) is 0 Å². The van der Waals surface area contributed by atoms with E-state index in [1.807, 2.05) is 6.92 Å². The Balaban J connectivity index is 3.79. The molecule has 0 saturated carbocycles. The van der Waals surface area contributed by atoms with Gasteiger partial charge in [0.2, 0.25) is 0 Å². The second-order valence-electron chi connectivity index (χ2n) is 3.36. The molecule has 0 atom stereocenters. The number of hydrogen-bond donors (Lipinski definition) is 1. The van der Waals surface area contributed by atoms with Crippen molar-refractivity contribution in [2.24, 2.45) is 5.41 Å². The van der Waals surface area contributed by atoms with E-state index in [0.717, 1.165) is 19.1 Å². The molecule has 1 N–H and O–H groups in total. The maximum absolute atomic E-state index is 11.2. The minimum atomic E-state index is -0.770. The maximum Gasteiger partial charge on any atom is 0.316 e. The summed E-state index contributed by atoms with van der Waals surface area (Å²) >= 11 is 0. The van der Waals surface area contributed by atoms with Gasteiger partial charge in [-0.2, -0.15) is 0 Å². The monoisotopic (exact) mass is 171 g/mol. The molecule has 12 heavy (non-hydrogen) atoms. The van der Waals surface area contributed by atoms with Gasteiger partial charge >= 0.3 is 5.97 Å². The molecule has 0 spiro atoms. The third-order valence-electron chi connectivity index (χ3n) is 1.62. The molecule has 0 saturated heterocycles. The minimum absolute atomic E-state index is 0.314. The number of unbranched alkanes of at least 4 members (excludes halogenated alkanes) is 1. The van der Waals surface area contributed by atoms with Crippen molar-refractivity contribution in [3.8, 4) is 0 Å². The summed E-state index contributed by atoms with van der Waals surface area (Å²) in [5.41, 5.74) is -0.770. The van der Waals surface area contributed by atoms with Gasteiger partial charge in [-0.1, -0.05) is 13.3 Å². The first-order valence-electron chi connectivity index (χ1n) is 4.23. The van der Waals surface area contributed by atoms with E-state index in [1.165, 1.54) is 0 Å². The van der Waals surface area contributed by atoms with E-state index in [1.54, 1.807) is 13.8 Å². The largest absolute Gasteiger partial charge is 0.465 e. The number of carbonyl (C=O) groups excluding carboxylic acids is 1. The summed E-state index contributed by atoms with van der Waals surface area (Å²) < 4.78 is 4.95. The zero-order valence-electron chi connectivity index (χ0n) is 8.02. The molecule has 0 aliphatic heterocycles. The summed E-state index contributed by atoms with van der Waals surface area (Å²) in [5.74, 6) is -0.314. The molecule has 70 valence electrons. The molecule has 0 unspecified atom stereocenters. The highest BCUT2D eigenvalue weighted by atomic mass is 16.5. The Hall–Kier alpha value is -0.860. The predicted molar refractivity (Wildman–Crippen MR) is 48.4 cm³/mol. The van der Waals surface area contributed by atoms with Crippen LogP contribution in [0.2, 0.25) is 0 Å². The van der Waals surface area contributed by atoms with Gasteiger partial charge in [-0.15, -0.1) is 0 Å². The van der Waals surface area contributed by atoms with Crippen LogP contribution in [0.4, 0.5) is 0 Å². The molecular weight excluding hydrogens is 154 g/mol. The Morgan fingerprint density at radius 3 is 2.58 bits per heavy atom. The lowest BCUT2D eigenvalue weighted by atomic mass is 9.96. The Morgan fingerprint density at radius 1 is 1.58 bits per heavy atom. The Kier molecular flexibility index (Phi) is 4.55. The molecule has 0 aromatic carbocycles. The summed E-state index contributed by atoms with van der Waals surface area (Å²) in [6, 6.07) is 0. The van der Waals surface area contributed by atoms with Crippen LogP contribution < -0.4 is 0 Å². The second kappa shape index (κ2) is 4.91. The second-order valence-corrected chi connectivity index (χ2v) is 3.36. The zero-order valence-corrected chi connectivity index (χ0v) is 8.02. The van der Waals surface area contributed by atoms with Crippen LogP contribution in [0, 0.1) is 10.8 Å². The van der Waals surface area contributed by atoms with Crippen molar-refractivity contribution < 1.29 is 9.53 Å². The van der Waals surface area contributed by atoms with Crippen LogP contribution in [0.3, 0.4) is 0 Å². The van der Waals surface area contributed by atoms with Crippen LogP contribution in [-0.4, -0.2) is 18.8 Å². The SMILES string of the molecule is CCCCOC(=O)C(C)(C)C=N. The number of ether oxygens (including phenoxy) is 1. The molecule has 3 heteroatoms. The minimum Gasteiger partial charge on any atom is -0.465 e. The molecule has 0 rings (SSSR count). The van der Waals surface area contributed by atoms with Crippen molar-refractivity contribution in [2.45, 2.75) is 33.6 Å². The molecule has 0 radical (unpaired) electrons. The first kappa shape index (κ1) is 11.1. The average Bonchev–Trinajstić information content (AvgIpc) is 2.05. The van der Waals surface area contributed by atoms with Gasteiger partial charge < -0.3 is 10.1 Å². The normalized spacial score (nSPS) is 10.9. The van der Waals surface area contributed by atoms with E-state index >= 15 is 0 Å². The number of rotatable bonds is 5. The van der Waals surface area contributed by atoms with Crippen molar-refractivity contribution in [1.29, 1.82) is 5.41 Å². The molecule has 0 aliphatic carbocycles. The molecule has 0 aromatic heterocycles. The van der Waals surface area contributed by atoms with Crippen molar-refractivity contribution in [1.82, 2.24) is 0 Å². The maximum atomic E-state index is 11.2. The van der Waals surface area contributed by atoms with E-state index in [9.17, 15) is 4.79 Å². The van der Waals surface area contributed by atoms with E-state index in [2.05, 4.69) is 0 Å². The number of nitrogens with one attached hydrogen (secondary N) is 1. The van der Waals surface area contributed by atoms with Crippen molar-refractivity contribution >= 4 is 12.2 Å². The first-order valence-corrected chi connectivity index (χ1v) is 4.23. The van der Waals surface area contributed by atoms with Crippen molar-refractivity contribution in [2.75, 3.05) is 6.61 Å². The Bertz CT molecular complexity index is 164. The van der Waals surface area contributed by atoms with Gasteiger partial charge in [0, 0.05) is 6.21 Å². The van der Waals surface area contributed by atoms with E-state index < -0.39 is 5.41 Å². The average molecular weight is 171 g/mol. The van der Waals surface area contributed by atoms with E-state index in [-0.39, 0.29) is 5.97 Å². The fourth-order valence-corrected chi connectivity index (χ4v) is 0.554. The van der Waals surface area contributed by atoms with Gasteiger partial charge in [-0.05, 0) is 20.3 Å². The van der Waals surface area contributed by atoms with Gasteiger partial charge in [0.25, 0.3) is 0 Å². The van der Waals surface area contributed by atoms with Gasteiger partial charge in [0.05, 0.1) is 12.0 Å². The fraction of sp³-hybridized carbons (Fsp3) is 0.778. The van der Waals surface area contributed by atoms with Crippen LogP contribution in [0.15, 0.2) is 0 Å². The smallest absolute Gasteiger partial charge is 0.316 e. The van der Waals surface area contributed by atoms with Crippen LogP contribution in [0.1, 0.15) is 33.6 Å². The highest BCUT2D eigenvalue weighted by molar-refractivity contribution is 5.92. The number of carbonyl (C=O) groups is 1. The van der Waals surface area contributed by atoms with Crippen LogP contribution in [0.25, 0.3) is 0 Å². The zero-order chi connectivity index (χ0) is 9.61. The number of esters is 1. The molecule has 0 aliphatic rings. The summed E-state index contributed by atoms with van der Waals surface area (Å²) in [6.45, 7) is 5.85. The van der Waals surface area contributed by atoms with Gasteiger partial charge in [-0.25, -0.2) is 0 Å². The van der Waals surface area contributed by atoms with Gasteiger partial charge in [0.1, 0.15) is 0 Å². The van der Waals surface area contributed by atoms with E-state index in [0.29, 0.717) is 6.61 Å². The van der Waals surface area contributed by atoms with E-state index in [4.69, 9.17) is 10.1 Å². The van der Waals surface area contributed by atoms with Gasteiger partial charge in [0.15, 0.2) is 0 Å². The molecule has 0 fully saturated rings. The molecular formula is C9H17NO2. The summed E-state index contributed by atoms with van der Waals surface area (Å²) in [5, 5.41) is 6.99. The lowest BCUT2D eigenvalue weighted by Gasteiger charge is -2.16. The molecule has 0 bridgehead atoms. The van der Waals surface area contributed by atoms with Crippen LogP contribution in [0.5, 0.6) is 0 Å². The quantitative estimate of drug-likeness (QED) is 0.391. The molecule has 0 heterocycles. The molecule has 3 nitrogen and oxygen atoms in total. The highest BCUT2D eigenvalue weighted by Crippen LogP contribution is 2.13. The van der Waals surface area contributed by atoms with Crippen LogP contribution in [-0.2, 0) is 9.53 Å². The lowest BCUT2D eigenvalue weighted by Crippen LogP contribution is -2.28. The predicted octanol–water partition coefficient (Wildman–Crippen LogP) is 2.01. The summed E-state index contributed by atoms with van der Waals surface area (Å²) in [7, 11) is 0. The molecule has 0 aromatic rings. The van der Waals surface area contributed by atoms with Crippen LogP contribution >= 0.6 is 0 Å². The molecule has 0 amide bonds. The summed E-state index contributed by atoms with van der Waals surface area (Å²) in [6.07, 6.45) is 3.01. The fourth-order valence-electron chi connectivity index (χ4n) is 0.554. The lowest BCUT2D eigenvalue weighted by molar-refractivity contribution is -0.150. The number of hydrogen-bond acceptors (Lipinski definition) is 3. The highest BCUT2D eigenvalue weighted by Gasteiger charge is 2.26. The topological polar surface area (TPSA) is 50.2 Å². The Labute approximate surface area is 73.6 Å². The first-order chi connectivity index (χ1) is 5.54. The van der Waals surface area contributed by atoms with Crippen molar-refractivity contribution in [3.05, 3.63) is 0 Å². The Morgan fingerprint density at radius 2 is 2.17 bits per heavy atom. The third kappa shape index (κ3) is 3.51. The third-order valence-corrected chi connectivity index (χ3v) is 1.62.